The molecule has 0 aliphatic carbocycles. The number of ether oxygens (including phenoxy) is 2. The van der Waals surface area contributed by atoms with Crippen molar-refractivity contribution in [1.29, 1.82) is 0 Å². The average molecular weight is 353 g/mol. The molecule has 4 nitrogen and oxygen atoms in total. The Morgan fingerprint density at radius 3 is 2.38 bits per heavy atom. The van der Waals surface area contributed by atoms with Crippen molar-refractivity contribution in [2.45, 2.75) is 29.9 Å². The lowest BCUT2D eigenvalue weighted by molar-refractivity contribution is 0.354. The molecular weight excluding hydrogens is 335 g/mol. The molecule has 1 aliphatic heterocycles. The van der Waals surface area contributed by atoms with Crippen LogP contribution in [0.3, 0.4) is 0 Å². The smallest absolute Gasteiger partial charge is 0.162 e. The van der Waals surface area contributed by atoms with Crippen LogP contribution in [0.4, 0.5) is 0 Å². The summed E-state index contributed by atoms with van der Waals surface area (Å²) in [7, 11) is -0.164. The standard InChI is InChI=1S/C14H18Cl2O4S/c1-19-11-7-9(10(15)8-12(11)20-2)14(16)13-5-3-4-6-21(13,17)18/h7-8,13-14H,3-6H2,1-2H3. The third-order valence-electron chi connectivity index (χ3n) is 3.76. The highest BCUT2D eigenvalue weighted by atomic mass is 35.5. The van der Waals surface area contributed by atoms with Crippen LogP contribution in [-0.2, 0) is 9.84 Å². The summed E-state index contributed by atoms with van der Waals surface area (Å²) in [6, 6.07) is 3.25. The van der Waals surface area contributed by atoms with Gasteiger partial charge in [-0.25, -0.2) is 8.42 Å². The minimum absolute atomic E-state index is 0.186. The molecule has 1 aromatic rings. The molecule has 1 aliphatic rings. The van der Waals surface area contributed by atoms with Gasteiger partial charge in [-0.3, -0.25) is 0 Å². The van der Waals surface area contributed by atoms with Crippen LogP contribution in [0.15, 0.2) is 12.1 Å². The zero-order valence-corrected chi connectivity index (χ0v) is 14.3. The van der Waals surface area contributed by atoms with Gasteiger partial charge in [-0.05, 0) is 24.5 Å². The van der Waals surface area contributed by atoms with E-state index >= 15 is 0 Å². The SMILES string of the molecule is COc1cc(Cl)c(C(Cl)C2CCCCS2(=O)=O)cc1OC. The van der Waals surface area contributed by atoms with Crippen LogP contribution >= 0.6 is 23.2 Å². The van der Waals surface area contributed by atoms with E-state index in [2.05, 4.69) is 0 Å². The van der Waals surface area contributed by atoms with Crippen LogP contribution in [-0.4, -0.2) is 33.6 Å². The first-order valence-corrected chi connectivity index (χ1v) is 9.20. The van der Waals surface area contributed by atoms with E-state index in [0.29, 0.717) is 34.9 Å². The Bertz CT molecular complexity index is 616. The van der Waals surface area contributed by atoms with Crippen molar-refractivity contribution in [1.82, 2.24) is 0 Å². The molecule has 0 saturated carbocycles. The molecule has 7 heteroatoms. The number of hydrogen-bond acceptors (Lipinski definition) is 4. The second-order valence-electron chi connectivity index (χ2n) is 5.03. The zero-order chi connectivity index (χ0) is 15.6. The molecule has 2 rings (SSSR count). The van der Waals surface area contributed by atoms with Gasteiger partial charge in [-0.15, -0.1) is 11.6 Å². The fourth-order valence-corrected chi connectivity index (χ4v) is 5.64. The number of halogens is 2. The van der Waals surface area contributed by atoms with Gasteiger partial charge in [0, 0.05) is 11.1 Å². The van der Waals surface area contributed by atoms with Crippen molar-refractivity contribution < 1.29 is 17.9 Å². The Labute approximate surface area is 135 Å². The van der Waals surface area contributed by atoms with E-state index < -0.39 is 20.5 Å². The number of benzene rings is 1. The van der Waals surface area contributed by atoms with Gasteiger partial charge in [-0.2, -0.15) is 0 Å². The molecule has 2 atom stereocenters. The number of hydrogen-bond donors (Lipinski definition) is 0. The average Bonchev–Trinajstić information content (AvgIpc) is 2.45. The summed E-state index contributed by atoms with van der Waals surface area (Å²) in [5.41, 5.74) is 0.562. The molecule has 1 saturated heterocycles. The van der Waals surface area contributed by atoms with E-state index in [1.54, 1.807) is 12.1 Å². The van der Waals surface area contributed by atoms with Crippen LogP contribution in [0.25, 0.3) is 0 Å². The summed E-state index contributed by atoms with van der Waals surface area (Å²) in [5, 5.41) is -0.917. The first kappa shape index (κ1) is 16.7. The van der Waals surface area contributed by atoms with E-state index in [4.69, 9.17) is 32.7 Å². The molecule has 0 N–H and O–H groups in total. The monoisotopic (exact) mass is 352 g/mol. The molecule has 0 aromatic heterocycles. The third kappa shape index (κ3) is 3.41. The minimum atomic E-state index is -3.19. The van der Waals surface area contributed by atoms with Gasteiger partial charge in [-0.1, -0.05) is 18.0 Å². The van der Waals surface area contributed by atoms with Crippen LogP contribution < -0.4 is 9.47 Å². The van der Waals surface area contributed by atoms with E-state index in [1.165, 1.54) is 14.2 Å². The number of methoxy groups -OCH3 is 2. The lowest BCUT2D eigenvalue weighted by Gasteiger charge is -2.27. The van der Waals surface area contributed by atoms with Crippen molar-refractivity contribution in [2.24, 2.45) is 0 Å². The van der Waals surface area contributed by atoms with Gasteiger partial charge < -0.3 is 9.47 Å². The predicted molar refractivity (Wildman–Crippen MR) is 84.6 cm³/mol. The van der Waals surface area contributed by atoms with Gasteiger partial charge in [0.15, 0.2) is 21.3 Å². The minimum Gasteiger partial charge on any atom is -0.493 e. The van der Waals surface area contributed by atoms with Gasteiger partial charge in [0.1, 0.15) is 0 Å². The van der Waals surface area contributed by atoms with Crippen molar-refractivity contribution in [3.05, 3.63) is 22.7 Å². The van der Waals surface area contributed by atoms with Crippen molar-refractivity contribution >= 4 is 33.0 Å². The van der Waals surface area contributed by atoms with Gasteiger partial charge in [0.25, 0.3) is 0 Å². The quantitative estimate of drug-likeness (QED) is 0.776. The maximum atomic E-state index is 12.2. The molecule has 21 heavy (non-hydrogen) atoms. The Morgan fingerprint density at radius 2 is 1.81 bits per heavy atom. The fraction of sp³-hybridized carbons (Fsp3) is 0.571. The Morgan fingerprint density at radius 1 is 1.19 bits per heavy atom. The lowest BCUT2D eigenvalue weighted by atomic mass is 10.0. The highest BCUT2D eigenvalue weighted by molar-refractivity contribution is 7.92. The zero-order valence-electron chi connectivity index (χ0n) is 11.9. The van der Waals surface area contributed by atoms with E-state index in [1.807, 2.05) is 0 Å². The molecule has 2 unspecified atom stereocenters. The van der Waals surface area contributed by atoms with E-state index in [0.717, 1.165) is 6.42 Å². The summed E-state index contributed by atoms with van der Waals surface area (Å²) in [6.45, 7) is 0. The summed E-state index contributed by atoms with van der Waals surface area (Å²) >= 11 is 12.7. The molecule has 0 bridgehead atoms. The third-order valence-corrected chi connectivity index (χ3v) is 7.06. The van der Waals surface area contributed by atoms with Crippen LogP contribution in [0.1, 0.15) is 30.2 Å². The molecule has 1 fully saturated rings. The first-order chi connectivity index (χ1) is 9.90. The summed E-state index contributed by atoms with van der Waals surface area (Å²) < 4.78 is 34.8. The van der Waals surface area contributed by atoms with Gasteiger partial charge in [0.2, 0.25) is 0 Å². The molecule has 0 spiro atoms. The summed E-state index contributed by atoms with van der Waals surface area (Å²) in [5.74, 6) is 1.16. The molecule has 1 aromatic carbocycles. The molecular formula is C14H18Cl2O4S. The molecule has 118 valence electrons. The number of sulfone groups is 1. The Kier molecular flexibility index (Phi) is 5.28. The van der Waals surface area contributed by atoms with Crippen LogP contribution in [0, 0.1) is 0 Å². The summed E-state index contributed by atoms with van der Waals surface area (Å²) in [4.78, 5) is 0. The summed E-state index contributed by atoms with van der Waals surface area (Å²) in [6.07, 6.45) is 2.11. The van der Waals surface area contributed by atoms with Crippen molar-refractivity contribution in [2.75, 3.05) is 20.0 Å². The molecule has 0 amide bonds. The van der Waals surface area contributed by atoms with Gasteiger partial charge in [0.05, 0.1) is 30.6 Å². The van der Waals surface area contributed by atoms with Crippen molar-refractivity contribution in [3.63, 3.8) is 0 Å². The Hall–Kier alpha value is -0.650. The highest BCUT2D eigenvalue weighted by Gasteiger charge is 2.36. The molecule has 0 radical (unpaired) electrons. The fourth-order valence-electron chi connectivity index (χ4n) is 2.59. The Balaban J connectivity index is 2.41. The molecule has 1 heterocycles. The lowest BCUT2D eigenvalue weighted by Crippen LogP contribution is -2.32. The number of rotatable bonds is 4. The first-order valence-electron chi connectivity index (χ1n) is 6.67. The highest BCUT2D eigenvalue weighted by Crippen LogP contribution is 2.42. The van der Waals surface area contributed by atoms with E-state index in [9.17, 15) is 8.42 Å². The number of alkyl halides is 1. The topological polar surface area (TPSA) is 52.6 Å². The largest absolute Gasteiger partial charge is 0.493 e. The second-order valence-corrected chi connectivity index (χ2v) is 8.25. The van der Waals surface area contributed by atoms with Crippen LogP contribution in [0.5, 0.6) is 11.5 Å². The normalized spacial score (nSPS) is 22.6. The maximum Gasteiger partial charge on any atom is 0.162 e. The predicted octanol–water partition coefficient (Wildman–Crippen LogP) is 3.60. The van der Waals surface area contributed by atoms with Gasteiger partial charge >= 0.3 is 0 Å². The second kappa shape index (κ2) is 6.63. The van der Waals surface area contributed by atoms with E-state index in [-0.39, 0.29) is 5.75 Å². The van der Waals surface area contributed by atoms with Crippen LogP contribution in [0.2, 0.25) is 5.02 Å². The van der Waals surface area contributed by atoms with Crippen molar-refractivity contribution in [3.8, 4) is 11.5 Å². The maximum absolute atomic E-state index is 12.2.